The van der Waals surface area contributed by atoms with Crippen molar-refractivity contribution in [3.8, 4) is 11.5 Å². The lowest BCUT2D eigenvalue weighted by Gasteiger charge is -2.21. The maximum atomic E-state index is 12.2. The molecule has 1 aromatic carbocycles. The number of carbonyl (C=O) groups is 2. The van der Waals surface area contributed by atoms with Gasteiger partial charge in [-0.3, -0.25) is 9.59 Å². The lowest BCUT2D eigenvalue weighted by molar-refractivity contribution is -0.116. The average Bonchev–Trinajstić information content (AvgIpc) is 3.35. The van der Waals surface area contributed by atoms with Gasteiger partial charge in [-0.25, -0.2) is 0 Å². The van der Waals surface area contributed by atoms with E-state index >= 15 is 0 Å². The molecule has 0 radical (unpaired) electrons. The first-order chi connectivity index (χ1) is 12.5. The Morgan fingerprint density at radius 2 is 1.92 bits per heavy atom. The van der Waals surface area contributed by atoms with Gasteiger partial charge in [-0.05, 0) is 37.1 Å². The second-order valence-corrected chi connectivity index (χ2v) is 6.67. The van der Waals surface area contributed by atoms with Crippen LogP contribution in [0.2, 0.25) is 0 Å². The quantitative estimate of drug-likeness (QED) is 0.911. The minimum Gasteiger partial charge on any atom is -0.459 e. The number of benzene rings is 1. The fraction of sp³-hybridized carbons (Fsp3) is 0.368. The molecule has 1 saturated carbocycles. The van der Waals surface area contributed by atoms with E-state index < -0.39 is 5.79 Å². The number of ether oxygens (including phenoxy) is 2. The molecule has 1 aromatic heterocycles. The molecule has 2 amide bonds. The number of hydrogen-bond donors (Lipinski definition) is 1. The third-order valence-corrected chi connectivity index (χ3v) is 4.64. The van der Waals surface area contributed by atoms with Gasteiger partial charge in [0.05, 0.1) is 12.8 Å². The summed E-state index contributed by atoms with van der Waals surface area (Å²) in [6, 6.07) is 8.52. The summed E-state index contributed by atoms with van der Waals surface area (Å²) in [6.07, 6.45) is 5.36. The maximum Gasteiger partial charge on any atom is 0.289 e. The smallest absolute Gasteiger partial charge is 0.289 e. The lowest BCUT2D eigenvalue weighted by atomic mass is 10.2. The van der Waals surface area contributed by atoms with E-state index in [2.05, 4.69) is 5.32 Å². The van der Waals surface area contributed by atoms with Crippen molar-refractivity contribution in [2.24, 2.45) is 0 Å². The number of carbonyl (C=O) groups excluding carboxylic acids is 2. The zero-order valence-corrected chi connectivity index (χ0v) is 14.5. The third kappa shape index (κ3) is 3.12. The van der Waals surface area contributed by atoms with Crippen LogP contribution in [-0.4, -0.2) is 36.1 Å². The summed E-state index contributed by atoms with van der Waals surface area (Å²) in [7, 11) is 1.55. The van der Waals surface area contributed by atoms with Crippen molar-refractivity contribution in [3.63, 3.8) is 0 Å². The SMILES string of the molecule is CN(CC(=O)Nc1ccc2c(c1)OC1(CCCC1)O2)C(=O)c1ccco1. The normalized spacial score (nSPS) is 16.7. The topological polar surface area (TPSA) is 81.0 Å². The van der Waals surface area contributed by atoms with E-state index in [9.17, 15) is 9.59 Å². The zero-order valence-electron chi connectivity index (χ0n) is 14.5. The Hall–Kier alpha value is -2.96. The summed E-state index contributed by atoms with van der Waals surface area (Å²) in [6.45, 7) is -0.0854. The van der Waals surface area contributed by atoms with Crippen molar-refractivity contribution in [2.45, 2.75) is 31.5 Å². The number of fused-ring (bicyclic) bond motifs is 1. The number of furan rings is 1. The van der Waals surface area contributed by atoms with Crippen molar-refractivity contribution in [1.29, 1.82) is 0 Å². The van der Waals surface area contributed by atoms with Crippen molar-refractivity contribution < 1.29 is 23.5 Å². The van der Waals surface area contributed by atoms with Gasteiger partial charge in [0.25, 0.3) is 11.7 Å². The van der Waals surface area contributed by atoms with E-state index in [1.54, 1.807) is 37.4 Å². The van der Waals surface area contributed by atoms with Crippen molar-refractivity contribution in [2.75, 3.05) is 18.9 Å². The first-order valence-electron chi connectivity index (χ1n) is 8.66. The molecule has 1 spiro atoms. The van der Waals surface area contributed by atoms with Crippen LogP contribution in [0.15, 0.2) is 41.0 Å². The molecule has 136 valence electrons. The highest BCUT2D eigenvalue weighted by Gasteiger charge is 2.44. The van der Waals surface area contributed by atoms with Gasteiger partial charge < -0.3 is 24.1 Å². The molecule has 2 aromatic rings. The van der Waals surface area contributed by atoms with E-state index in [-0.39, 0.29) is 24.1 Å². The lowest BCUT2D eigenvalue weighted by Crippen LogP contribution is -2.34. The number of amides is 2. The maximum absolute atomic E-state index is 12.2. The Balaban J connectivity index is 1.38. The van der Waals surface area contributed by atoms with Crippen LogP contribution < -0.4 is 14.8 Å². The second-order valence-electron chi connectivity index (χ2n) is 6.67. The average molecular weight is 356 g/mol. The largest absolute Gasteiger partial charge is 0.459 e. The molecule has 2 aliphatic rings. The minimum absolute atomic E-state index is 0.0854. The Morgan fingerprint density at radius 3 is 2.65 bits per heavy atom. The monoisotopic (exact) mass is 356 g/mol. The van der Waals surface area contributed by atoms with Crippen LogP contribution >= 0.6 is 0 Å². The predicted octanol–water partition coefficient (Wildman–Crippen LogP) is 3.03. The van der Waals surface area contributed by atoms with Crippen molar-refractivity contribution in [1.82, 2.24) is 4.90 Å². The van der Waals surface area contributed by atoms with Gasteiger partial charge in [0.2, 0.25) is 5.91 Å². The van der Waals surface area contributed by atoms with Gasteiger partial charge in [0, 0.05) is 31.6 Å². The molecule has 1 fully saturated rings. The van der Waals surface area contributed by atoms with Crippen molar-refractivity contribution in [3.05, 3.63) is 42.4 Å². The first-order valence-corrected chi connectivity index (χ1v) is 8.66. The molecule has 0 unspecified atom stereocenters. The van der Waals surface area contributed by atoms with E-state index in [0.717, 1.165) is 25.7 Å². The number of anilines is 1. The Bertz CT molecular complexity index is 824. The fourth-order valence-electron chi connectivity index (χ4n) is 3.37. The van der Waals surface area contributed by atoms with E-state index in [1.165, 1.54) is 11.2 Å². The molecule has 0 bridgehead atoms. The van der Waals surface area contributed by atoms with Crippen LogP contribution in [0.5, 0.6) is 11.5 Å². The minimum atomic E-state index is -0.527. The Kier molecular flexibility index (Phi) is 4.06. The molecular weight excluding hydrogens is 336 g/mol. The number of nitrogens with zero attached hydrogens (tertiary/aromatic N) is 1. The van der Waals surface area contributed by atoms with Crippen LogP contribution in [0.4, 0.5) is 5.69 Å². The fourth-order valence-corrected chi connectivity index (χ4v) is 3.37. The van der Waals surface area contributed by atoms with Crippen LogP contribution in [0.25, 0.3) is 0 Å². The van der Waals surface area contributed by atoms with Gasteiger partial charge in [0.1, 0.15) is 0 Å². The Labute approximate surface area is 150 Å². The Morgan fingerprint density at radius 1 is 1.15 bits per heavy atom. The molecule has 0 saturated heterocycles. The molecule has 7 nitrogen and oxygen atoms in total. The van der Waals surface area contributed by atoms with Crippen LogP contribution in [0, 0.1) is 0 Å². The highest BCUT2D eigenvalue weighted by molar-refractivity contribution is 5.98. The van der Waals surface area contributed by atoms with Crippen LogP contribution in [0.3, 0.4) is 0 Å². The molecule has 26 heavy (non-hydrogen) atoms. The van der Waals surface area contributed by atoms with Gasteiger partial charge in [-0.1, -0.05) is 0 Å². The van der Waals surface area contributed by atoms with E-state index in [1.807, 2.05) is 0 Å². The van der Waals surface area contributed by atoms with Gasteiger partial charge >= 0.3 is 0 Å². The van der Waals surface area contributed by atoms with Gasteiger partial charge in [0.15, 0.2) is 17.3 Å². The number of rotatable bonds is 4. The molecule has 0 atom stereocenters. The highest BCUT2D eigenvalue weighted by Crippen LogP contribution is 2.47. The number of nitrogens with one attached hydrogen (secondary N) is 1. The summed E-state index contributed by atoms with van der Waals surface area (Å²) in [5, 5.41) is 2.78. The zero-order chi connectivity index (χ0) is 18.1. The van der Waals surface area contributed by atoms with Crippen molar-refractivity contribution >= 4 is 17.5 Å². The molecule has 1 aliphatic heterocycles. The molecule has 2 heterocycles. The summed E-state index contributed by atoms with van der Waals surface area (Å²) < 4.78 is 17.0. The molecule has 4 rings (SSSR count). The summed E-state index contributed by atoms with van der Waals surface area (Å²) in [5.41, 5.74) is 0.603. The second kappa shape index (κ2) is 6.40. The van der Waals surface area contributed by atoms with Gasteiger partial charge in [-0.2, -0.15) is 0 Å². The number of hydrogen-bond acceptors (Lipinski definition) is 5. The van der Waals surface area contributed by atoms with E-state index in [0.29, 0.717) is 17.2 Å². The molecule has 7 heteroatoms. The van der Waals surface area contributed by atoms with E-state index in [4.69, 9.17) is 13.9 Å². The summed E-state index contributed by atoms with van der Waals surface area (Å²) >= 11 is 0. The predicted molar refractivity (Wildman–Crippen MR) is 93.2 cm³/mol. The summed E-state index contributed by atoms with van der Waals surface area (Å²) in [4.78, 5) is 25.6. The van der Waals surface area contributed by atoms with Gasteiger partial charge in [-0.15, -0.1) is 0 Å². The molecule has 1 N–H and O–H groups in total. The highest BCUT2D eigenvalue weighted by atomic mass is 16.7. The molecule has 1 aliphatic carbocycles. The van der Waals surface area contributed by atoms with Crippen LogP contribution in [0.1, 0.15) is 36.2 Å². The summed E-state index contributed by atoms with van der Waals surface area (Å²) in [5.74, 6) is 0.367. The standard InChI is InChI=1S/C19H20N2O5/c1-21(18(23)15-5-4-10-24-15)12-17(22)20-13-6-7-14-16(11-13)26-19(25-14)8-2-3-9-19/h4-7,10-11H,2-3,8-9,12H2,1H3,(H,20,22). The first kappa shape index (κ1) is 16.5. The number of likely N-dealkylation sites (N-methyl/N-ethyl adjacent to an activating group) is 1. The third-order valence-electron chi connectivity index (χ3n) is 4.64. The molecular formula is C19H20N2O5. The van der Waals surface area contributed by atoms with Crippen LogP contribution in [-0.2, 0) is 4.79 Å².